The molecule has 10 aromatic carbocycles. The van der Waals surface area contributed by atoms with E-state index in [1.807, 2.05) is 11.3 Å². The number of hydrogen-bond donors (Lipinski definition) is 0. The number of aromatic nitrogens is 4. The number of thiophene rings is 1. The summed E-state index contributed by atoms with van der Waals surface area (Å²) in [5.41, 5.74) is 18.8. The van der Waals surface area contributed by atoms with Gasteiger partial charge in [-0.3, -0.25) is 0 Å². The van der Waals surface area contributed by atoms with Crippen molar-refractivity contribution in [3.63, 3.8) is 0 Å². The highest BCUT2D eigenvalue weighted by atomic mass is 32.1. The normalized spacial score (nSPS) is 12.0. The zero-order valence-electron chi connectivity index (χ0n) is 42.0. The predicted octanol–water partition coefficient (Wildman–Crippen LogP) is 18.6. The van der Waals surface area contributed by atoms with Crippen LogP contribution in [0.2, 0.25) is 0 Å². The minimum absolute atomic E-state index is 1.10. The van der Waals surface area contributed by atoms with Gasteiger partial charge in [-0.2, -0.15) is 0 Å². The third-order valence-corrected chi connectivity index (χ3v) is 17.2. The Hall–Kier alpha value is -9.30. The van der Waals surface area contributed by atoms with Gasteiger partial charge in [-0.05, 0) is 120 Å². The largest absolute Gasteiger partial charge is 0.344 e. The van der Waals surface area contributed by atoms with Gasteiger partial charge in [0.05, 0.1) is 22.1 Å². The summed E-state index contributed by atoms with van der Waals surface area (Å²) in [7, 11) is 8.70. The van der Waals surface area contributed by atoms with Crippen molar-refractivity contribution < 1.29 is 0 Å². The number of benzene rings is 10. The molecule has 0 aliphatic carbocycles. The number of rotatable bonds is 8. The van der Waals surface area contributed by atoms with Crippen LogP contribution < -0.4 is 9.80 Å². The molecule has 0 fully saturated rings. The molecule has 358 valence electrons. The Morgan fingerprint density at radius 3 is 0.760 bits per heavy atom. The van der Waals surface area contributed by atoms with Gasteiger partial charge < -0.3 is 28.1 Å². The van der Waals surface area contributed by atoms with E-state index in [4.69, 9.17) is 0 Å². The van der Waals surface area contributed by atoms with Crippen LogP contribution in [0.1, 0.15) is 0 Å². The van der Waals surface area contributed by atoms with Crippen molar-refractivity contribution in [3.8, 4) is 20.9 Å². The molecular weight excluding hydrogens is 933 g/mol. The molecule has 15 rings (SSSR count). The van der Waals surface area contributed by atoms with Gasteiger partial charge in [-0.25, -0.2) is 0 Å². The number of para-hydroxylation sites is 4. The molecule has 0 bridgehead atoms. The van der Waals surface area contributed by atoms with E-state index in [0.29, 0.717) is 0 Å². The molecule has 0 N–H and O–H groups in total. The quantitative estimate of drug-likeness (QED) is 0.152. The first-order valence-corrected chi connectivity index (χ1v) is 26.5. The average molecular weight is 983 g/mol. The summed E-state index contributed by atoms with van der Waals surface area (Å²) >= 11 is 1.83. The maximum atomic E-state index is 2.41. The van der Waals surface area contributed by atoms with E-state index in [0.717, 1.165) is 34.1 Å². The number of fused-ring (bicyclic) bond motifs is 12. The molecule has 75 heavy (non-hydrogen) atoms. The van der Waals surface area contributed by atoms with Crippen molar-refractivity contribution in [1.29, 1.82) is 0 Å². The summed E-state index contributed by atoms with van der Waals surface area (Å²) in [6, 6.07) is 85.2. The SMILES string of the molecule is Cn1c2ccccc2c2ccc(N(c3ccc(-c4ccc(-c5ccc(N(c6ccc7c8ccccc8n(C)c7c6)c6ccc7c8ccccc8n(C)c7c6)cc5)s4)cc3)c3ccc4c5ccccc5n(C)c4c3)cc21. The second kappa shape index (κ2) is 16.6. The van der Waals surface area contributed by atoms with Gasteiger partial charge in [0, 0.05) is 137 Å². The van der Waals surface area contributed by atoms with Crippen molar-refractivity contribution in [2.75, 3.05) is 9.80 Å². The zero-order valence-corrected chi connectivity index (χ0v) is 42.8. The fourth-order valence-corrected chi connectivity index (χ4v) is 13.3. The Balaban J connectivity index is 0.784. The maximum absolute atomic E-state index is 2.41. The van der Waals surface area contributed by atoms with Crippen molar-refractivity contribution >= 4 is 133 Å². The molecule has 5 heterocycles. The van der Waals surface area contributed by atoms with Crippen molar-refractivity contribution in [2.45, 2.75) is 0 Å². The van der Waals surface area contributed by atoms with Crippen LogP contribution in [0.5, 0.6) is 0 Å². The fourth-order valence-electron chi connectivity index (χ4n) is 12.2. The monoisotopic (exact) mass is 982 g/mol. The Labute approximate surface area is 438 Å². The molecule has 0 aliphatic rings. The van der Waals surface area contributed by atoms with E-state index >= 15 is 0 Å². The summed E-state index contributed by atoms with van der Waals surface area (Å²) < 4.78 is 9.27. The predicted molar refractivity (Wildman–Crippen MR) is 320 cm³/mol. The van der Waals surface area contributed by atoms with Crippen molar-refractivity contribution in [1.82, 2.24) is 18.3 Å². The standard InChI is InChI=1S/C68H50N6S/c1-69-59-17-9-5-13-51(59)55-33-29-47(39-63(55)69)73(48-30-34-56-52-14-6-10-18-60(52)70(2)64(56)40-48)45-25-21-43(22-26-45)67-37-38-68(75-67)44-23-27-46(28-24-44)74(49-31-35-57-53-15-7-11-19-61(53)71(3)65(57)41-49)50-32-36-58-54-16-8-12-20-62(54)72(4)66(58)42-50/h5-42H,1-4H3. The second-order valence-electron chi connectivity index (χ2n) is 20.0. The summed E-state index contributed by atoms with van der Waals surface area (Å²) in [4.78, 5) is 7.27. The molecule has 0 radical (unpaired) electrons. The van der Waals surface area contributed by atoms with Crippen LogP contribution in [0.3, 0.4) is 0 Å². The Morgan fingerprint density at radius 1 is 0.240 bits per heavy atom. The highest BCUT2D eigenvalue weighted by molar-refractivity contribution is 7.18. The second-order valence-corrected chi connectivity index (χ2v) is 21.1. The van der Waals surface area contributed by atoms with Crippen LogP contribution in [-0.2, 0) is 28.2 Å². The number of nitrogens with zero attached hydrogens (tertiary/aromatic N) is 6. The Morgan fingerprint density at radius 2 is 0.480 bits per heavy atom. The first kappa shape index (κ1) is 43.3. The minimum atomic E-state index is 1.10. The molecule has 0 saturated heterocycles. The lowest BCUT2D eigenvalue weighted by Crippen LogP contribution is -2.10. The van der Waals surface area contributed by atoms with E-state index in [2.05, 4.69) is 287 Å². The van der Waals surface area contributed by atoms with Gasteiger partial charge in [-0.1, -0.05) is 121 Å². The molecular formula is C68H50N6S. The van der Waals surface area contributed by atoms with Crippen LogP contribution in [0, 0.1) is 0 Å². The number of hydrogen-bond acceptors (Lipinski definition) is 3. The molecule has 0 spiro atoms. The van der Waals surface area contributed by atoms with E-state index in [9.17, 15) is 0 Å². The van der Waals surface area contributed by atoms with Crippen molar-refractivity contribution in [2.24, 2.45) is 28.2 Å². The van der Waals surface area contributed by atoms with Gasteiger partial charge >= 0.3 is 0 Å². The summed E-state index contributed by atoms with van der Waals surface area (Å²) in [6.07, 6.45) is 0. The van der Waals surface area contributed by atoms with Gasteiger partial charge in [0.15, 0.2) is 0 Å². The summed E-state index contributed by atoms with van der Waals surface area (Å²) in [5.74, 6) is 0. The first-order valence-electron chi connectivity index (χ1n) is 25.6. The van der Waals surface area contributed by atoms with Crippen LogP contribution in [-0.4, -0.2) is 18.3 Å². The molecule has 7 heteroatoms. The van der Waals surface area contributed by atoms with Crippen LogP contribution >= 0.6 is 11.3 Å². The van der Waals surface area contributed by atoms with E-state index in [-0.39, 0.29) is 0 Å². The first-order chi connectivity index (χ1) is 36.8. The van der Waals surface area contributed by atoms with Crippen LogP contribution in [0.4, 0.5) is 34.1 Å². The Bertz CT molecular complexity index is 4230. The Kier molecular flexibility index (Phi) is 9.59. The lowest BCUT2D eigenvalue weighted by molar-refractivity contribution is 1.01. The topological polar surface area (TPSA) is 26.2 Å². The van der Waals surface area contributed by atoms with Gasteiger partial charge in [0.2, 0.25) is 0 Å². The van der Waals surface area contributed by atoms with Crippen LogP contribution in [0.25, 0.3) is 108 Å². The molecule has 0 aliphatic heterocycles. The van der Waals surface area contributed by atoms with E-state index in [1.54, 1.807) is 0 Å². The van der Waals surface area contributed by atoms with E-state index < -0.39 is 0 Å². The number of anilines is 6. The molecule has 0 unspecified atom stereocenters. The lowest BCUT2D eigenvalue weighted by Gasteiger charge is -2.26. The smallest absolute Gasteiger partial charge is 0.0509 e. The van der Waals surface area contributed by atoms with E-state index in [1.165, 1.54) is 108 Å². The van der Waals surface area contributed by atoms with Gasteiger partial charge in [-0.15, -0.1) is 11.3 Å². The molecule has 5 aromatic heterocycles. The summed E-state index contributed by atoms with van der Waals surface area (Å²) in [6.45, 7) is 0. The molecule has 6 nitrogen and oxygen atoms in total. The summed E-state index contributed by atoms with van der Waals surface area (Å²) in [5, 5.41) is 10.1. The number of aryl methyl sites for hydroxylation is 4. The highest BCUT2D eigenvalue weighted by Gasteiger charge is 2.21. The van der Waals surface area contributed by atoms with Gasteiger partial charge in [0.1, 0.15) is 0 Å². The zero-order chi connectivity index (χ0) is 50.1. The molecule has 0 saturated carbocycles. The van der Waals surface area contributed by atoms with Crippen LogP contribution in [0.15, 0.2) is 231 Å². The third kappa shape index (κ3) is 6.64. The average Bonchev–Trinajstić information content (AvgIpc) is 4.30. The lowest BCUT2D eigenvalue weighted by atomic mass is 10.1. The highest BCUT2D eigenvalue weighted by Crippen LogP contribution is 2.45. The minimum Gasteiger partial charge on any atom is -0.344 e. The molecule has 0 amide bonds. The van der Waals surface area contributed by atoms with Crippen molar-refractivity contribution in [3.05, 3.63) is 231 Å². The maximum Gasteiger partial charge on any atom is 0.0509 e. The molecule has 0 atom stereocenters. The fraction of sp³-hybridized carbons (Fsp3) is 0.0588. The molecule has 15 aromatic rings. The van der Waals surface area contributed by atoms with Gasteiger partial charge in [0.25, 0.3) is 0 Å². The third-order valence-electron chi connectivity index (χ3n) is 16.1.